The summed E-state index contributed by atoms with van der Waals surface area (Å²) in [6, 6.07) is 11.1. The van der Waals surface area contributed by atoms with Crippen LogP contribution < -0.4 is 21.2 Å². The van der Waals surface area contributed by atoms with Gasteiger partial charge in [-0.2, -0.15) is 5.10 Å². The standard InChI is InChI=1S/C15H17N5OS/c1-2-21-13-8-4-3-7-12(13)19-15(22)20-18-10-11-6-5-9-17-14(11)16/h3-10H,2H2,1H3,(H2,16,17)(H2,19,20,22). The number of aromatic nitrogens is 1. The number of benzene rings is 1. The van der Waals surface area contributed by atoms with Gasteiger partial charge in [-0.1, -0.05) is 12.1 Å². The number of rotatable bonds is 5. The van der Waals surface area contributed by atoms with Crippen LogP contribution in [0.1, 0.15) is 12.5 Å². The Morgan fingerprint density at radius 1 is 1.36 bits per heavy atom. The van der Waals surface area contributed by atoms with Crippen LogP contribution in [0.25, 0.3) is 0 Å². The van der Waals surface area contributed by atoms with Gasteiger partial charge >= 0.3 is 0 Å². The first-order chi connectivity index (χ1) is 10.7. The van der Waals surface area contributed by atoms with E-state index in [9.17, 15) is 0 Å². The molecule has 114 valence electrons. The third-order valence-corrected chi connectivity index (χ3v) is 2.87. The van der Waals surface area contributed by atoms with E-state index >= 15 is 0 Å². The molecule has 0 bridgehead atoms. The van der Waals surface area contributed by atoms with Crippen molar-refractivity contribution in [2.75, 3.05) is 17.7 Å². The second kappa shape index (κ2) is 7.94. The summed E-state index contributed by atoms with van der Waals surface area (Å²) in [5, 5.41) is 7.42. The molecule has 0 amide bonds. The Bertz CT molecular complexity index is 674. The molecule has 0 saturated carbocycles. The lowest BCUT2D eigenvalue weighted by Crippen LogP contribution is -2.24. The van der Waals surface area contributed by atoms with Crippen LogP contribution in [0.4, 0.5) is 11.5 Å². The van der Waals surface area contributed by atoms with Crippen molar-refractivity contribution in [3.05, 3.63) is 48.2 Å². The Labute approximate surface area is 134 Å². The Morgan fingerprint density at radius 2 is 2.18 bits per heavy atom. The van der Waals surface area contributed by atoms with Gasteiger partial charge in [0.05, 0.1) is 18.5 Å². The van der Waals surface area contributed by atoms with Crippen LogP contribution >= 0.6 is 12.2 Å². The first-order valence-corrected chi connectivity index (χ1v) is 7.14. The number of hydrogen-bond donors (Lipinski definition) is 3. The molecule has 0 aliphatic rings. The number of pyridine rings is 1. The van der Waals surface area contributed by atoms with Crippen molar-refractivity contribution < 1.29 is 4.74 Å². The molecule has 0 spiro atoms. The molecule has 4 N–H and O–H groups in total. The molecule has 1 aromatic heterocycles. The molecule has 0 atom stereocenters. The van der Waals surface area contributed by atoms with E-state index in [2.05, 4.69) is 20.8 Å². The van der Waals surface area contributed by atoms with Crippen LogP contribution in [0.2, 0.25) is 0 Å². The number of nitrogen functional groups attached to an aromatic ring is 1. The topological polar surface area (TPSA) is 84.6 Å². The Hall–Kier alpha value is -2.67. The van der Waals surface area contributed by atoms with Crippen LogP contribution in [0.5, 0.6) is 5.75 Å². The number of nitrogens with zero attached hydrogens (tertiary/aromatic N) is 2. The zero-order valence-corrected chi connectivity index (χ0v) is 12.9. The Morgan fingerprint density at radius 3 is 2.95 bits per heavy atom. The second-order valence-corrected chi connectivity index (χ2v) is 4.64. The lowest BCUT2D eigenvalue weighted by molar-refractivity contribution is 0.342. The molecule has 7 heteroatoms. The molecule has 1 heterocycles. The van der Waals surface area contributed by atoms with Crippen molar-refractivity contribution in [1.82, 2.24) is 10.4 Å². The maximum atomic E-state index is 5.72. The van der Waals surface area contributed by atoms with E-state index < -0.39 is 0 Å². The third-order valence-electron chi connectivity index (χ3n) is 2.68. The molecule has 0 aliphatic carbocycles. The molecule has 0 fully saturated rings. The molecule has 0 saturated heterocycles. The fourth-order valence-corrected chi connectivity index (χ4v) is 1.86. The minimum atomic E-state index is 0.353. The fourth-order valence-electron chi connectivity index (χ4n) is 1.70. The molecular formula is C15H17N5OS. The SMILES string of the molecule is CCOc1ccccc1NC(=S)NN=Cc1cccnc1N. The summed E-state index contributed by atoms with van der Waals surface area (Å²) >= 11 is 5.19. The molecule has 2 aromatic rings. The third kappa shape index (κ3) is 4.42. The quantitative estimate of drug-likeness (QED) is 0.446. The summed E-state index contributed by atoms with van der Waals surface area (Å²) in [7, 11) is 0. The maximum absolute atomic E-state index is 5.72. The number of hydrogen-bond acceptors (Lipinski definition) is 5. The smallest absolute Gasteiger partial charge is 0.191 e. The average Bonchev–Trinajstić information content (AvgIpc) is 2.51. The number of thiocarbonyl (C=S) groups is 1. The minimum Gasteiger partial charge on any atom is -0.492 e. The van der Waals surface area contributed by atoms with Gasteiger partial charge in [0.15, 0.2) is 5.11 Å². The highest BCUT2D eigenvalue weighted by molar-refractivity contribution is 7.80. The molecule has 0 unspecified atom stereocenters. The lowest BCUT2D eigenvalue weighted by Gasteiger charge is -2.12. The first kappa shape index (κ1) is 15.7. The van der Waals surface area contributed by atoms with Crippen molar-refractivity contribution in [3.63, 3.8) is 0 Å². The highest BCUT2D eigenvalue weighted by Gasteiger charge is 2.03. The van der Waals surface area contributed by atoms with E-state index in [1.165, 1.54) is 0 Å². The van der Waals surface area contributed by atoms with Crippen molar-refractivity contribution in [3.8, 4) is 5.75 Å². The molecule has 0 radical (unpaired) electrons. The first-order valence-electron chi connectivity index (χ1n) is 6.73. The van der Waals surface area contributed by atoms with Crippen LogP contribution in [-0.4, -0.2) is 22.9 Å². The number of anilines is 2. The number of nitrogens with one attached hydrogen (secondary N) is 2. The van der Waals surface area contributed by atoms with Crippen LogP contribution in [-0.2, 0) is 0 Å². The van der Waals surface area contributed by atoms with Crippen molar-refractivity contribution in [2.24, 2.45) is 5.10 Å². The summed E-state index contributed by atoms with van der Waals surface area (Å²) in [5.74, 6) is 1.14. The van der Waals surface area contributed by atoms with Crippen molar-refractivity contribution in [2.45, 2.75) is 6.92 Å². The van der Waals surface area contributed by atoms with Crippen molar-refractivity contribution >= 4 is 35.1 Å². The Balaban J connectivity index is 1.95. The monoisotopic (exact) mass is 315 g/mol. The predicted molar refractivity (Wildman–Crippen MR) is 93.2 cm³/mol. The molecule has 22 heavy (non-hydrogen) atoms. The van der Waals surface area contributed by atoms with Crippen LogP contribution in [0.3, 0.4) is 0 Å². The summed E-state index contributed by atoms with van der Waals surface area (Å²) < 4.78 is 5.51. The largest absolute Gasteiger partial charge is 0.492 e. The zero-order chi connectivity index (χ0) is 15.8. The zero-order valence-electron chi connectivity index (χ0n) is 12.1. The van der Waals surface area contributed by atoms with E-state index in [-0.39, 0.29) is 0 Å². The minimum absolute atomic E-state index is 0.353. The summed E-state index contributed by atoms with van der Waals surface area (Å²) in [6.07, 6.45) is 3.18. The Kier molecular flexibility index (Phi) is 5.67. The number of para-hydroxylation sites is 2. The van der Waals surface area contributed by atoms with Gasteiger partial charge in [-0.15, -0.1) is 0 Å². The van der Waals surface area contributed by atoms with E-state index in [4.69, 9.17) is 22.7 Å². The van der Waals surface area contributed by atoms with Gasteiger partial charge in [0.25, 0.3) is 0 Å². The fraction of sp³-hybridized carbons (Fsp3) is 0.133. The van der Waals surface area contributed by atoms with E-state index in [0.29, 0.717) is 23.1 Å². The predicted octanol–water partition coefficient (Wildman–Crippen LogP) is 2.38. The highest BCUT2D eigenvalue weighted by Crippen LogP contribution is 2.23. The maximum Gasteiger partial charge on any atom is 0.191 e. The van der Waals surface area contributed by atoms with Gasteiger partial charge in [0.1, 0.15) is 11.6 Å². The molecule has 6 nitrogen and oxygen atoms in total. The van der Waals surface area contributed by atoms with Gasteiger partial charge in [-0.25, -0.2) is 4.98 Å². The average molecular weight is 315 g/mol. The molecule has 1 aromatic carbocycles. The van der Waals surface area contributed by atoms with Crippen LogP contribution in [0.15, 0.2) is 47.7 Å². The summed E-state index contributed by atoms with van der Waals surface area (Å²) in [5.41, 5.74) is 9.94. The molecular weight excluding hydrogens is 298 g/mol. The van der Waals surface area contributed by atoms with Gasteiger partial charge in [0.2, 0.25) is 0 Å². The normalized spacial score (nSPS) is 10.4. The number of nitrogens with two attached hydrogens (primary N) is 1. The summed E-state index contributed by atoms with van der Waals surface area (Å²) in [6.45, 7) is 2.51. The van der Waals surface area contributed by atoms with E-state index in [0.717, 1.165) is 11.4 Å². The lowest BCUT2D eigenvalue weighted by atomic mass is 10.3. The van der Waals surface area contributed by atoms with Gasteiger partial charge < -0.3 is 15.8 Å². The molecule has 2 rings (SSSR count). The number of ether oxygens (including phenoxy) is 1. The van der Waals surface area contributed by atoms with E-state index in [1.807, 2.05) is 37.3 Å². The second-order valence-electron chi connectivity index (χ2n) is 4.23. The summed E-state index contributed by atoms with van der Waals surface area (Å²) in [4.78, 5) is 3.97. The number of hydrazone groups is 1. The van der Waals surface area contributed by atoms with Gasteiger partial charge in [-0.3, -0.25) is 5.43 Å². The highest BCUT2D eigenvalue weighted by atomic mass is 32.1. The molecule has 0 aliphatic heterocycles. The van der Waals surface area contributed by atoms with Gasteiger partial charge in [0, 0.05) is 11.8 Å². The van der Waals surface area contributed by atoms with Crippen molar-refractivity contribution in [1.29, 1.82) is 0 Å². The van der Waals surface area contributed by atoms with E-state index in [1.54, 1.807) is 18.5 Å². The van der Waals surface area contributed by atoms with Gasteiger partial charge in [-0.05, 0) is 43.4 Å². The van der Waals surface area contributed by atoms with Crippen LogP contribution in [0, 0.1) is 0 Å².